The van der Waals surface area contributed by atoms with Gasteiger partial charge in [-0.3, -0.25) is 0 Å². The fourth-order valence-corrected chi connectivity index (χ4v) is 2.62. The second-order valence-corrected chi connectivity index (χ2v) is 6.91. The number of unbranched alkanes of at least 4 members (excludes halogenated alkanes) is 1. The number of hydrogen-bond acceptors (Lipinski definition) is 3. The van der Waals surface area contributed by atoms with Crippen molar-refractivity contribution >= 4 is 10.0 Å². The molecule has 2 N–H and O–H groups in total. The highest BCUT2D eigenvalue weighted by atomic mass is 32.2. The van der Waals surface area contributed by atoms with Gasteiger partial charge in [-0.2, -0.15) is 0 Å². The van der Waals surface area contributed by atoms with Crippen LogP contribution in [0.2, 0.25) is 0 Å². The average Bonchev–Trinajstić information content (AvgIpc) is 2.41. The largest absolute Gasteiger partial charge is 0.310 e. The van der Waals surface area contributed by atoms with Crippen LogP contribution in [0.15, 0.2) is 30.3 Å². The van der Waals surface area contributed by atoms with Gasteiger partial charge in [0, 0.05) is 12.6 Å². The smallest absolute Gasteiger partial charge is 0.208 e. The van der Waals surface area contributed by atoms with E-state index in [1.165, 1.54) is 24.7 Å². The number of rotatable bonds is 10. The summed E-state index contributed by atoms with van der Waals surface area (Å²) in [6.45, 7) is 3.49. The van der Waals surface area contributed by atoms with Crippen LogP contribution in [0, 0.1) is 0 Å². The van der Waals surface area contributed by atoms with E-state index in [0.717, 1.165) is 19.4 Å². The Morgan fingerprint density at radius 3 is 2.40 bits per heavy atom. The van der Waals surface area contributed by atoms with Gasteiger partial charge in [0.2, 0.25) is 10.0 Å². The third-order valence-corrected chi connectivity index (χ3v) is 3.89. The van der Waals surface area contributed by atoms with Crippen molar-refractivity contribution in [2.24, 2.45) is 0 Å². The zero-order valence-electron chi connectivity index (χ0n) is 12.4. The van der Waals surface area contributed by atoms with Crippen molar-refractivity contribution in [2.75, 3.05) is 19.3 Å². The van der Waals surface area contributed by atoms with Crippen LogP contribution in [0.5, 0.6) is 0 Å². The van der Waals surface area contributed by atoms with Crippen molar-refractivity contribution in [3.8, 4) is 0 Å². The molecule has 4 nitrogen and oxygen atoms in total. The SMILES string of the molecule is CCCCC(NCCCNS(C)(=O)=O)c1ccccc1. The number of benzene rings is 1. The second-order valence-electron chi connectivity index (χ2n) is 5.08. The molecule has 5 heteroatoms. The molecule has 0 aliphatic carbocycles. The first-order valence-corrected chi connectivity index (χ1v) is 9.15. The first-order chi connectivity index (χ1) is 9.53. The van der Waals surface area contributed by atoms with Gasteiger partial charge in [0.1, 0.15) is 0 Å². The second kappa shape index (κ2) is 9.10. The fraction of sp³-hybridized carbons (Fsp3) is 0.600. The van der Waals surface area contributed by atoms with Gasteiger partial charge in [-0.25, -0.2) is 13.1 Å². The third kappa shape index (κ3) is 7.62. The molecule has 0 radical (unpaired) electrons. The summed E-state index contributed by atoms with van der Waals surface area (Å²) in [5.74, 6) is 0. The van der Waals surface area contributed by atoms with Crippen LogP contribution in [0.3, 0.4) is 0 Å². The maximum atomic E-state index is 11.0. The van der Waals surface area contributed by atoms with Crippen LogP contribution in [-0.2, 0) is 10.0 Å². The van der Waals surface area contributed by atoms with Crippen molar-refractivity contribution in [3.05, 3.63) is 35.9 Å². The predicted molar refractivity (Wildman–Crippen MR) is 84.2 cm³/mol. The van der Waals surface area contributed by atoms with Crippen molar-refractivity contribution in [2.45, 2.75) is 38.6 Å². The number of nitrogens with one attached hydrogen (secondary N) is 2. The molecule has 0 saturated carbocycles. The summed E-state index contributed by atoms with van der Waals surface area (Å²) >= 11 is 0. The molecular formula is C15H26N2O2S. The summed E-state index contributed by atoms with van der Waals surface area (Å²) in [6, 6.07) is 10.8. The highest BCUT2D eigenvalue weighted by Gasteiger charge is 2.09. The molecule has 1 aromatic rings. The minimum atomic E-state index is -3.07. The Balaban J connectivity index is 2.38. The topological polar surface area (TPSA) is 58.2 Å². The summed E-state index contributed by atoms with van der Waals surface area (Å²) in [5, 5.41) is 3.52. The number of sulfonamides is 1. The molecule has 0 saturated heterocycles. The molecule has 1 rings (SSSR count). The normalized spacial score (nSPS) is 13.3. The summed E-state index contributed by atoms with van der Waals surface area (Å²) in [7, 11) is -3.07. The first kappa shape index (κ1) is 17.1. The van der Waals surface area contributed by atoms with Crippen molar-refractivity contribution < 1.29 is 8.42 Å². The quantitative estimate of drug-likeness (QED) is 0.652. The lowest BCUT2D eigenvalue weighted by Crippen LogP contribution is -2.28. The van der Waals surface area contributed by atoms with Crippen LogP contribution < -0.4 is 10.0 Å². The molecule has 0 aliphatic rings. The zero-order valence-corrected chi connectivity index (χ0v) is 13.2. The third-order valence-electron chi connectivity index (χ3n) is 3.16. The summed E-state index contributed by atoms with van der Waals surface area (Å²) in [4.78, 5) is 0. The molecule has 1 unspecified atom stereocenters. The fourth-order valence-electron chi connectivity index (χ4n) is 2.10. The highest BCUT2D eigenvalue weighted by molar-refractivity contribution is 7.88. The lowest BCUT2D eigenvalue weighted by molar-refractivity contribution is 0.475. The molecule has 0 spiro atoms. The van der Waals surface area contributed by atoms with Gasteiger partial charge in [0.05, 0.1) is 6.26 Å². The summed E-state index contributed by atoms with van der Waals surface area (Å²) in [6.07, 6.45) is 5.46. The van der Waals surface area contributed by atoms with Crippen LogP contribution >= 0.6 is 0 Å². The van der Waals surface area contributed by atoms with E-state index in [2.05, 4.69) is 41.2 Å². The van der Waals surface area contributed by atoms with E-state index < -0.39 is 10.0 Å². The maximum absolute atomic E-state index is 11.0. The van der Waals surface area contributed by atoms with Crippen LogP contribution in [-0.4, -0.2) is 27.8 Å². The van der Waals surface area contributed by atoms with E-state index in [1.54, 1.807) is 0 Å². The summed E-state index contributed by atoms with van der Waals surface area (Å²) in [5.41, 5.74) is 1.30. The minimum absolute atomic E-state index is 0.356. The van der Waals surface area contributed by atoms with Gasteiger partial charge in [-0.1, -0.05) is 50.1 Å². The Morgan fingerprint density at radius 1 is 1.10 bits per heavy atom. The molecule has 0 aromatic heterocycles. The van der Waals surface area contributed by atoms with Crippen LogP contribution in [0.25, 0.3) is 0 Å². The Kier molecular flexibility index (Phi) is 7.80. The van der Waals surface area contributed by atoms with Gasteiger partial charge >= 0.3 is 0 Å². The zero-order chi connectivity index (χ0) is 14.8. The van der Waals surface area contributed by atoms with E-state index in [4.69, 9.17) is 0 Å². The van der Waals surface area contributed by atoms with Crippen molar-refractivity contribution in [3.63, 3.8) is 0 Å². The van der Waals surface area contributed by atoms with Gasteiger partial charge < -0.3 is 5.32 Å². The number of hydrogen-bond donors (Lipinski definition) is 2. The standard InChI is InChI=1S/C15H26N2O2S/c1-3-4-11-15(14-9-6-5-7-10-14)16-12-8-13-17-20(2,18)19/h5-7,9-10,15-17H,3-4,8,11-13H2,1-2H3. The van der Waals surface area contributed by atoms with E-state index in [1.807, 2.05) is 6.07 Å². The van der Waals surface area contributed by atoms with Gasteiger partial charge in [-0.15, -0.1) is 0 Å². The van der Waals surface area contributed by atoms with E-state index in [-0.39, 0.29) is 0 Å². The maximum Gasteiger partial charge on any atom is 0.208 e. The first-order valence-electron chi connectivity index (χ1n) is 7.26. The molecule has 1 aromatic carbocycles. The van der Waals surface area contributed by atoms with Gasteiger partial charge in [-0.05, 0) is 24.9 Å². The molecule has 0 bridgehead atoms. The van der Waals surface area contributed by atoms with Gasteiger partial charge in [0.15, 0.2) is 0 Å². The van der Waals surface area contributed by atoms with Crippen LogP contribution in [0.1, 0.15) is 44.2 Å². The Labute approximate surface area is 123 Å². The highest BCUT2D eigenvalue weighted by Crippen LogP contribution is 2.18. The van der Waals surface area contributed by atoms with E-state index >= 15 is 0 Å². The minimum Gasteiger partial charge on any atom is -0.310 e. The van der Waals surface area contributed by atoms with Crippen LogP contribution in [0.4, 0.5) is 0 Å². The molecule has 0 fully saturated rings. The molecule has 0 amide bonds. The predicted octanol–water partition coefficient (Wildman–Crippen LogP) is 2.45. The molecule has 114 valence electrons. The van der Waals surface area contributed by atoms with Crippen molar-refractivity contribution in [1.29, 1.82) is 0 Å². The molecule has 0 heterocycles. The molecular weight excluding hydrogens is 272 g/mol. The Morgan fingerprint density at radius 2 is 1.80 bits per heavy atom. The molecule has 0 aliphatic heterocycles. The lowest BCUT2D eigenvalue weighted by Gasteiger charge is -2.19. The molecule has 20 heavy (non-hydrogen) atoms. The molecule has 1 atom stereocenters. The van der Waals surface area contributed by atoms with Crippen molar-refractivity contribution in [1.82, 2.24) is 10.0 Å². The monoisotopic (exact) mass is 298 g/mol. The van der Waals surface area contributed by atoms with E-state index in [0.29, 0.717) is 12.6 Å². The van der Waals surface area contributed by atoms with Gasteiger partial charge in [0.25, 0.3) is 0 Å². The lowest BCUT2D eigenvalue weighted by atomic mass is 10.0. The van der Waals surface area contributed by atoms with E-state index in [9.17, 15) is 8.42 Å². The summed E-state index contributed by atoms with van der Waals surface area (Å²) < 4.78 is 24.4. The average molecular weight is 298 g/mol. The Bertz CT molecular complexity index is 460. The Hall–Kier alpha value is -0.910.